The Hall–Kier alpha value is -2.48. The van der Waals surface area contributed by atoms with E-state index in [1.807, 2.05) is 42.9 Å². The molecule has 0 radical (unpaired) electrons. The summed E-state index contributed by atoms with van der Waals surface area (Å²) in [5.74, 6) is 0.500. The van der Waals surface area contributed by atoms with Crippen LogP contribution < -0.4 is 5.69 Å². The molecule has 3 aromatic heterocycles. The predicted molar refractivity (Wildman–Crippen MR) is 90.4 cm³/mol. The largest absolute Gasteiger partial charge is 0.348 e. The molecule has 4 rings (SSSR count). The van der Waals surface area contributed by atoms with Crippen LogP contribution in [0.15, 0.2) is 33.7 Å². The van der Waals surface area contributed by atoms with Gasteiger partial charge in [0.15, 0.2) is 11.5 Å². The van der Waals surface area contributed by atoms with Gasteiger partial charge in [-0.15, -0.1) is 5.10 Å². The van der Waals surface area contributed by atoms with Crippen molar-refractivity contribution in [2.45, 2.75) is 20.4 Å². The van der Waals surface area contributed by atoms with Crippen LogP contribution in [-0.2, 0) is 6.54 Å². The molecule has 116 valence electrons. The second-order valence-corrected chi connectivity index (χ2v) is 6.10. The highest BCUT2D eigenvalue weighted by Crippen LogP contribution is 2.25. The Bertz CT molecular complexity index is 1110. The molecule has 0 bridgehead atoms. The Morgan fingerprint density at radius 1 is 1.30 bits per heavy atom. The smallest absolute Gasteiger partial charge is 0.304 e. The molecule has 8 heteroatoms. The van der Waals surface area contributed by atoms with E-state index in [0.717, 1.165) is 27.7 Å². The van der Waals surface area contributed by atoms with Crippen molar-refractivity contribution in [3.63, 3.8) is 0 Å². The van der Waals surface area contributed by atoms with E-state index in [2.05, 4.69) is 36.1 Å². The number of aromatic nitrogens is 6. The lowest BCUT2D eigenvalue weighted by atomic mass is 10.2. The molecule has 0 saturated carbocycles. The number of para-hydroxylation sites is 1. The number of hydrogen-bond donors (Lipinski definition) is 1. The first-order chi connectivity index (χ1) is 11.1. The minimum Gasteiger partial charge on any atom is -0.304 e. The van der Waals surface area contributed by atoms with Crippen LogP contribution in [0.3, 0.4) is 0 Å². The molecule has 0 atom stereocenters. The van der Waals surface area contributed by atoms with Crippen molar-refractivity contribution in [2.75, 3.05) is 0 Å². The fourth-order valence-electron chi connectivity index (χ4n) is 2.64. The number of aryl methyl sites for hydroxylation is 2. The van der Waals surface area contributed by atoms with Crippen molar-refractivity contribution < 1.29 is 0 Å². The van der Waals surface area contributed by atoms with Crippen LogP contribution in [0.4, 0.5) is 0 Å². The average molecular weight is 373 g/mol. The van der Waals surface area contributed by atoms with Gasteiger partial charge < -0.3 is 4.98 Å². The maximum atomic E-state index is 12.3. The summed E-state index contributed by atoms with van der Waals surface area (Å²) >= 11 is 3.45. The molecule has 1 N–H and O–H groups in total. The van der Waals surface area contributed by atoms with Crippen molar-refractivity contribution in [3.05, 3.63) is 45.0 Å². The Labute approximate surface area is 139 Å². The summed E-state index contributed by atoms with van der Waals surface area (Å²) in [5.41, 5.74) is 2.59. The average Bonchev–Trinajstić information content (AvgIpc) is 3.12. The van der Waals surface area contributed by atoms with Crippen LogP contribution in [0, 0.1) is 6.92 Å². The standard InChI is InChI=1S/C15H13BrN6O/c1-3-21-7-10(8(2)19-21)13-18-14-9-5-4-6-11(16)12(9)17-15(23)22(14)20-13/h4-7H,3H2,1-2H3,(H,17,23). The zero-order valence-corrected chi connectivity index (χ0v) is 14.1. The summed E-state index contributed by atoms with van der Waals surface area (Å²) in [6.45, 7) is 4.69. The first-order valence-electron chi connectivity index (χ1n) is 7.20. The molecule has 23 heavy (non-hydrogen) atoms. The quantitative estimate of drug-likeness (QED) is 0.586. The van der Waals surface area contributed by atoms with Gasteiger partial charge in [0, 0.05) is 22.6 Å². The van der Waals surface area contributed by atoms with E-state index in [0.29, 0.717) is 17.0 Å². The summed E-state index contributed by atoms with van der Waals surface area (Å²) in [6.07, 6.45) is 1.90. The highest BCUT2D eigenvalue weighted by Gasteiger charge is 2.16. The van der Waals surface area contributed by atoms with Crippen LogP contribution >= 0.6 is 15.9 Å². The van der Waals surface area contributed by atoms with E-state index in [9.17, 15) is 4.79 Å². The van der Waals surface area contributed by atoms with E-state index in [-0.39, 0.29) is 5.69 Å². The van der Waals surface area contributed by atoms with Crippen molar-refractivity contribution in [3.8, 4) is 11.4 Å². The van der Waals surface area contributed by atoms with Crippen molar-refractivity contribution in [1.82, 2.24) is 29.4 Å². The van der Waals surface area contributed by atoms with E-state index < -0.39 is 0 Å². The second-order valence-electron chi connectivity index (χ2n) is 5.25. The number of nitrogens with one attached hydrogen (secondary N) is 1. The van der Waals surface area contributed by atoms with Crippen molar-refractivity contribution >= 4 is 32.5 Å². The van der Waals surface area contributed by atoms with E-state index in [1.54, 1.807) is 0 Å². The van der Waals surface area contributed by atoms with Gasteiger partial charge in [0.05, 0.1) is 16.8 Å². The minimum absolute atomic E-state index is 0.321. The summed E-state index contributed by atoms with van der Waals surface area (Å²) in [7, 11) is 0. The Kier molecular flexibility index (Phi) is 3.08. The number of benzene rings is 1. The third-order valence-corrected chi connectivity index (χ3v) is 4.46. The van der Waals surface area contributed by atoms with E-state index in [4.69, 9.17) is 0 Å². The van der Waals surface area contributed by atoms with Crippen LogP contribution in [-0.4, -0.2) is 29.4 Å². The molecule has 7 nitrogen and oxygen atoms in total. The van der Waals surface area contributed by atoms with Gasteiger partial charge in [0.2, 0.25) is 0 Å². The lowest BCUT2D eigenvalue weighted by molar-refractivity contribution is 0.653. The maximum absolute atomic E-state index is 12.3. The molecule has 0 spiro atoms. The van der Waals surface area contributed by atoms with Gasteiger partial charge in [0.25, 0.3) is 0 Å². The molecule has 0 unspecified atom stereocenters. The van der Waals surface area contributed by atoms with Gasteiger partial charge in [-0.2, -0.15) is 9.61 Å². The van der Waals surface area contributed by atoms with Crippen LogP contribution in [0.5, 0.6) is 0 Å². The normalized spacial score (nSPS) is 11.6. The highest BCUT2D eigenvalue weighted by molar-refractivity contribution is 9.10. The third kappa shape index (κ3) is 2.09. The number of fused-ring (bicyclic) bond motifs is 3. The molecule has 1 aromatic carbocycles. The van der Waals surface area contributed by atoms with E-state index >= 15 is 0 Å². The first-order valence-corrected chi connectivity index (χ1v) is 7.99. The van der Waals surface area contributed by atoms with Crippen molar-refractivity contribution in [2.24, 2.45) is 0 Å². The fourth-order valence-corrected chi connectivity index (χ4v) is 3.10. The second kappa shape index (κ2) is 5.02. The summed E-state index contributed by atoms with van der Waals surface area (Å²) in [6, 6.07) is 5.69. The topological polar surface area (TPSA) is 80.9 Å². The Morgan fingerprint density at radius 3 is 2.87 bits per heavy atom. The number of nitrogens with zero attached hydrogens (tertiary/aromatic N) is 5. The van der Waals surface area contributed by atoms with Gasteiger partial charge in [-0.1, -0.05) is 6.07 Å². The molecule has 0 aliphatic carbocycles. The lowest BCUT2D eigenvalue weighted by Crippen LogP contribution is -2.17. The van der Waals surface area contributed by atoms with Gasteiger partial charge >= 0.3 is 5.69 Å². The predicted octanol–water partition coefficient (Wildman–Crippen LogP) is 2.53. The number of rotatable bonds is 2. The SMILES string of the molecule is CCn1cc(-c2nc3c4cccc(Br)c4[nH]c(=O)n3n2)c(C)n1. The third-order valence-electron chi connectivity index (χ3n) is 3.80. The number of hydrogen-bond acceptors (Lipinski definition) is 4. The molecular weight excluding hydrogens is 360 g/mol. The fraction of sp³-hybridized carbons (Fsp3) is 0.200. The summed E-state index contributed by atoms with van der Waals surface area (Å²) < 4.78 is 3.94. The molecule has 0 saturated heterocycles. The van der Waals surface area contributed by atoms with Gasteiger partial charge in [-0.25, -0.2) is 9.78 Å². The van der Waals surface area contributed by atoms with Gasteiger partial charge in [0.1, 0.15) is 0 Å². The van der Waals surface area contributed by atoms with Gasteiger partial charge in [-0.3, -0.25) is 4.68 Å². The van der Waals surface area contributed by atoms with Crippen LogP contribution in [0.25, 0.3) is 27.9 Å². The monoisotopic (exact) mass is 372 g/mol. The highest BCUT2D eigenvalue weighted by atomic mass is 79.9. The molecule has 0 fully saturated rings. The number of aromatic amines is 1. The van der Waals surface area contributed by atoms with Gasteiger partial charge in [-0.05, 0) is 41.9 Å². The van der Waals surface area contributed by atoms with Crippen LogP contribution in [0.1, 0.15) is 12.6 Å². The lowest BCUT2D eigenvalue weighted by Gasteiger charge is -2.00. The summed E-state index contributed by atoms with van der Waals surface area (Å²) in [5, 5.41) is 9.60. The Balaban J connectivity index is 2.06. The zero-order chi connectivity index (χ0) is 16.1. The number of halogens is 1. The molecular formula is C15H13BrN6O. The number of H-pyrrole nitrogens is 1. The van der Waals surface area contributed by atoms with E-state index in [1.165, 1.54) is 4.52 Å². The molecule has 4 aromatic rings. The minimum atomic E-state index is -0.321. The molecule has 0 amide bonds. The Morgan fingerprint density at radius 2 is 2.13 bits per heavy atom. The molecule has 0 aliphatic rings. The zero-order valence-electron chi connectivity index (χ0n) is 12.5. The van der Waals surface area contributed by atoms with Crippen LogP contribution in [0.2, 0.25) is 0 Å². The summed E-state index contributed by atoms with van der Waals surface area (Å²) in [4.78, 5) is 19.7. The molecule has 3 heterocycles. The maximum Gasteiger partial charge on any atom is 0.348 e. The van der Waals surface area contributed by atoms with Crippen molar-refractivity contribution in [1.29, 1.82) is 0 Å². The molecule has 0 aliphatic heterocycles. The first kappa shape index (κ1) is 14.1.